The highest BCUT2D eigenvalue weighted by molar-refractivity contribution is 7.09. The molecule has 6 nitrogen and oxygen atoms in total. The van der Waals surface area contributed by atoms with E-state index in [1.54, 1.807) is 11.3 Å². The number of nitrogens with zero attached hydrogens (tertiary/aromatic N) is 5. The molecule has 0 N–H and O–H groups in total. The fourth-order valence-electron chi connectivity index (χ4n) is 4.49. The number of likely N-dealkylation sites (tertiary alicyclic amines) is 2. The zero-order chi connectivity index (χ0) is 18.5. The second-order valence-corrected chi connectivity index (χ2v) is 9.14. The molecule has 0 saturated carbocycles. The molecule has 2 fully saturated rings. The Morgan fingerprint density at radius 1 is 1.42 bits per heavy atom. The first-order valence-corrected chi connectivity index (χ1v) is 10.2. The van der Waals surface area contributed by atoms with Crippen LogP contribution in [-0.4, -0.2) is 56.9 Å². The molecule has 2 aromatic rings. The van der Waals surface area contributed by atoms with Gasteiger partial charge in [-0.05, 0) is 34.2 Å². The molecule has 4 heterocycles. The molecular weight excluding hydrogens is 346 g/mol. The summed E-state index contributed by atoms with van der Waals surface area (Å²) in [7, 11) is 2.11. The molecule has 26 heavy (non-hydrogen) atoms. The number of imidazole rings is 1. The highest BCUT2D eigenvalue weighted by Gasteiger charge is 2.57. The molecule has 0 bridgehead atoms. The van der Waals surface area contributed by atoms with Gasteiger partial charge in [-0.15, -0.1) is 11.3 Å². The monoisotopic (exact) mass is 373 g/mol. The molecule has 1 spiro atoms. The normalized spacial score (nSPS) is 26.7. The molecule has 2 atom stereocenters. The quantitative estimate of drug-likeness (QED) is 0.827. The van der Waals surface area contributed by atoms with Crippen molar-refractivity contribution in [2.45, 2.75) is 45.7 Å². The Morgan fingerprint density at radius 3 is 2.88 bits per heavy atom. The molecule has 0 radical (unpaired) electrons. The Balaban J connectivity index is 1.59. The van der Waals surface area contributed by atoms with Crippen molar-refractivity contribution in [1.82, 2.24) is 24.3 Å². The molecule has 2 saturated heterocycles. The maximum atomic E-state index is 13.5. The van der Waals surface area contributed by atoms with Crippen molar-refractivity contribution in [2.75, 3.05) is 26.7 Å². The van der Waals surface area contributed by atoms with Crippen molar-refractivity contribution >= 4 is 17.2 Å². The molecule has 4 rings (SSSR count). The average Bonchev–Trinajstić information content (AvgIpc) is 3.33. The van der Waals surface area contributed by atoms with Crippen molar-refractivity contribution < 1.29 is 4.79 Å². The van der Waals surface area contributed by atoms with Gasteiger partial charge in [0.15, 0.2) is 0 Å². The first-order chi connectivity index (χ1) is 12.4. The third kappa shape index (κ3) is 2.87. The Hall–Kier alpha value is -1.73. The van der Waals surface area contributed by atoms with E-state index in [1.165, 1.54) is 0 Å². The second-order valence-electron chi connectivity index (χ2n) is 8.08. The van der Waals surface area contributed by atoms with Gasteiger partial charge in [-0.3, -0.25) is 4.79 Å². The van der Waals surface area contributed by atoms with Crippen LogP contribution >= 0.6 is 11.3 Å². The van der Waals surface area contributed by atoms with Crippen LogP contribution in [0.3, 0.4) is 0 Å². The van der Waals surface area contributed by atoms with Gasteiger partial charge in [0.25, 0.3) is 0 Å². The molecule has 2 aliphatic rings. The van der Waals surface area contributed by atoms with E-state index in [1.807, 2.05) is 18.2 Å². The van der Waals surface area contributed by atoms with E-state index < -0.39 is 0 Å². The summed E-state index contributed by atoms with van der Waals surface area (Å²) in [4.78, 5) is 26.9. The lowest BCUT2D eigenvalue weighted by Gasteiger charge is -2.27. The first kappa shape index (κ1) is 17.7. The van der Waals surface area contributed by atoms with Gasteiger partial charge < -0.3 is 14.4 Å². The van der Waals surface area contributed by atoms with Crippen molar-refractivity contribution in [1.29, 1.82) is 0 Å². The van der Waals surface area contributed by atoms with Crippen LogP contribution in [0.4, 0.5) is 0 Å². The van der Waals surface area contributed by atoms with E-state index >= 15 is 0 Å². The predicted molar refractivity (Wildman–Crippen MR) is 102 cm³/mol. The number of amides is 1. The summed E-state index contributed by atoms with van der Waals surface area (Å²) in [5.74, 6) is 0.443. The van der Waals surface area contributed by atoms with Gasteiger partial charge >= 0.3 is 0 Å². The highest BCUT2D eigenvalue weighted by Crippen LogP contribution is 2.49. The van der Waals surface area contributed by atoms with Crippen LogP contribution in [0.15, 0.2) is 17.9 Å². The SMILES string of the molecule is Cc1nc(CN2CC[C@@]3(CN(C)C[C@H]3c3cn(C(C)C)cn3)C2=O)cs1. The van der Waals surface area contributed by atoms with Gasteiger partial charge in [0.05, 0.1) is 34.7 Å². The van der Waals surface area contributed by atoms with Crippen molar-refractivity contribution in [2.24, 2.45) is 5.41 Å². The molecule has 0 unspecified atom stereocenters. The van der Waals surface area contributed by atoms with Crippen LogP contribution in [0.25, 0.3) is 0 Å². The van der Waals surface area contributed by atoms with E-state index in [4.69, 9.17) is 0 Å². The van der Waals surface area contributed by atoms with Crippen LogP contribution in [0.1, 0.15) is 48.6 Å². The fraction of sp³-hybridized carbons (Fsp3) is 0.632. The van der Waals surface area contributed by atoms with Crippen LogP contribution < -0.4 is 0 Å². The molecule has 140 valence electrons. The van der Waals surface area contributed by atoms with E-state index in [0.29, 0.717) is 12.6 Å². The lowest BCUT2D eigenvalue weighted by Crippen LogP contribution is -2.39. The fourth-order valence-corrected chi connectivity index (χ4v) is 5.09. The molecular formula is C19H27N5OS. The van der Waals surface area contributed by atoms with Gasteiger partial charge in [-0.1, -0.05) is 0 Å². The summed E-state index contributed by atoms with van der Waals surface area (Å²) >= 11 is 1.65. The minimum atomic E-state index is -0.337. The minimum absolute atomic E-state index is 0.169. The van der Waals surface area contributed by atoms with Crippen molar-refractivity contribution in [3.05, 3.63) is 34.3 Å². The van der Waals surface area contributed by atoms with Crippen LogP contribution in [-0.2, 0) is 11.3 Å². The molecule has 2 aromatic heterocycles. The molecule has 0 aliphatic carbocycles. The second kappa shape index (κ2) is 6.46. The third-order valence-electron chi connectivity index (χ3n) is 5.85. The smallest absolute Gasteiger partial charge is 0.231 e. The predicted octanol–water partition coefficient (Wildman–Crippen LogP) is 2.68. The number of likely N-dealkylation sites (N-methyl/N-ethyl adjacent to an activating group) is 1. The number of hydrogen-bond donors (Lipinski definition) is 0. The number of rotatable bonds is 4. The first-order valence-electron chi connectivity index (χ1n) is 9.31. The van der Waals surface area contributed by atoms with Crippen LogP contribution in [0, 0.1) is 12.3 Å². The standard InChI is InChI=1S/C19H27N5OS/c1-13(2)24-9-17(20-12-24)16-8-22(4)11-19(16)5-6-23(18(19)25)7-15-10-26-14(3)21-15/h9-10,12-13,16H,5-8,11H2,1-4H3/t16-,19-/m0/s1. The van der Waals surface area contributed by atoms with E-state index in [-0.39, 0.29) is 17.2 Å². The van der Waals surface area contributed by atoms with Gasteiger partial charge in [-0.25, -0.2) is 9.97 Å². The largest absolute Gasteiger partial charge is 0.336 e. The Morgan fingerprint density at radius 2 is 2.23 bits per heavy atom. The average molecular weight is 374 g/mol. The summed E-state index contributed by atoms with van der Waals surface area (Å²) < 4.78 is 2.14. The molecule has 1 amide bonds. The lowest BCUT2D eigenvalue weighted by atomic mass is 9.75. The van der Waals surface area contributed by atoms with E-state index in [0.717, 1.165) is 42.5 Å². The van der Waals surface area contributed by atoms with Crippen LogP contribution in [0.2, 0.25) is 0 Å². The number of carbonyl (C=O) groups excluding carboxylic acids is 1. The van der Waals surface area contributed by atoms with Gasteiger partial charge in [0, 0.05) is 43.2 Å². The number of aryl methyl sites for hydroxylation is 1. The molecule has 7 heteroatoms. The van der Waals surface area contributed by atoms with E-state index in [2.05, 4.69) is 51.9 Å². The maximum Gasteiger partial charge on any atom is 0.231 e. The Labute approximate surface area is 158 Å². The van der Waals surface area contributed by atoms with Crippen LogP contribution in [0.5, 0.6) is 0 Å². The zero-order valence-corrected chi connectivity index (χ0v) is 16.8. The summed E-state index contributed by atoms with van der Waals surface area (Å²) in [5, 5.41) is 3.12. The molecule has 0 aromatic carbocycles. The summed E-state index contributed by atoms with van der Waals surface area (Å²) in [6.07, 6.45) is 4.94. The molecule has 2 aliphatic heterocycles. The number of aromatic nitrogens is 3. The Kier molecular flexibility index (Phi) is 4.39. The number of thiazole rings is 1. The van der Waals surface area contributed by atoms with Crippen molar-refractivity contribution in [3.8, 4) is 0 Å². The summed E-state index contributed by atoms with van der Waals surface area (Å²) in [5.41, 5.74) is 1.73. The summed E-state index contributed by atoms with van der Waals surface area (Å²) in [6.45, 7) is 9.46. The summed E-state index contributed by atoms with van der Waals surface area (Å²) in [6, 6.07) is 0.384. The maximum absolute atomic E-state index is 13.5. The minimum Gasteiger partial charge on any atom is -0.336 e. The lowest BCUT2D eigenvalue weighted by molar-refractivity contribution is -0.136. The van der Waals surface area contributed by atoms with Gasteiger partial charge in [-0.2, -0.15) is 0 Å². The van der Waals surface area contributed by atoms with E-state index in [9.17, 15) is 4.79 Å². The zero-order valence-electron chi connectivity index (χ0n) is 16.0. The topological polar surface area (TPSA) is 54.3 Å². The van der Waals surface area contributed by atoms with Crippen molar-refractivity contribution in [3.63, 3.8) is 0 Å². The number of carbonyl (C=O) groups is 1. The number of hydrogen-bond acceptors (Lipinski definition) is 5. The van der Waals surface area contributed by atoms with Gasteiger partial charge in [0.1, 0.15) is 0 Å². The van der Waals surface area contributed by atoms with Gasteiger partial charge in [0.2, 0.25) is 5.91 Å². The highest BCUT2D eigenvalue weighted by atomic mass is 32.1. The Bertz CT molecular complexity index is 812. The third-order valence-corrected chi connectivity index (χ3v) is 6.67.